The Morgan fingerprint density at radius 3 is 2.44 bits per heavy atom. The first-order valence-electron chi connectivity index (χ1n) is 4.20. The maximum absolute atomic E-state index is 13.2. The Labute approximate surface area is 87.4 Å². The van der Waals surface area contributed by atoms with Crippen LogP contribution in [0.25, 0.3) is 0 Å². The molecule has 16 heavy (non-hydrogen) atoms. The number of halogens is 5. The van der Waals surface area contributed by atoms with E-state index in [0.717, 1.165) is 6.08 Å². The van der Waals surface area contributed by atoms with Crippen LogP contribution in [0.2, 0.25) is 0 Å². The Hall–Kier alpha value is -0.730. The number of hydrogen-bond acceptors (Lipinski definition) is 3. The highest BCUT2D eigenvalue weighted by molar-refractivity contribution is 5.02. The summed E-state index contributed by atoms with van der Waals surface area (Å²) in [7, 11) is 0. The van der Waals surface area contributed by atoms with Crippen LogP contribution < -0.4 is 0 Å². The molecular formula is C8H9F5O3. The van der Waals surface area contributed by atoms with Gasteiger partial charge in [0.25, 0.3) is 0 Å². The van der Waals surface area contributed by atoms with Gasteiger partial charge < -0.3 is 14.6 Å². The first kappa shape index (κ1) is 13.3. The normalized spacial score (nSPS) is 34.0. The third-order valence-electron chi connectivity index (χ3n) is 2.10. The Balaban J connectivity index is 2.90. The van der Waals surface area contributed by atoms with Crippen molar-refractivity contribution in [3.63, 3.8) is 0 Å². The predicted molar refractivity (Wildman–Crippen MR) is 41.8 cm³/mol. The zero-order valence-electron chi connectivity index (χ0n) is 7.93. The fraction of sp³-hybridized carbons (Fsp3) is 0.750. The summed E-state index contributed by atoms with van der Waals surface area (Å²) in [6, 6.07) is 0. The SMILES string of the molecule is C=CCOC1COC(O)(C(F)(F)F)C1(F)F. The standard InChI is InChI=1S/C8H9F5O3/c1-2-3-15-5-4-16-7(14,6(5,9)10)8(11,12)13/h2,5,14H,1,3-4H2. The minimum absolute atomic E-state index is 0.364. The molecule has 1 aliphatic heterocycles. The van der Waals surface area contributed by atoms with E-state index in [0.29, 0.717) is 0 Å². The average Bonchev–Trinajstić information content (AvgIpc) is 2.36. The van der Waals surface area contributed by atoms with Gasteiger partial charge in [-0.15, -0.1) is 6.58 Å². The molecule has 94 valence electrons. The van der Waals surface area contributed by atoms with Crippen molar-refractivity contribution in [3.8, 4) is 0 Å². The summed E-state index contributed by atoms with van der Waals surface area (Å²) in [6.45, 7) is 1.75. The van der Waals surface area contributed by atoms with Gasteiger partial charge in [-0.3, -0.25) is 0 Å². The summed E-state index contributed by atoms with van der Waals surface area (Å²) in [5, 5.41) is 8.82. The first-order valence-corrected chi connectivity index (χ1v) is 4.20. The summed E-state index contributed by atoms with van der Waals surface area (Å²) in [6.07, 6.45) is -6.65. The molecule has 0 aromatic rings. The van der Waals surface area contributed by atoms with E-state index in [1.54, 1.807) is 0 Å². The van der Waals surface area contributed by atoms with Crippen LogP contribution in [-0.4, -0.2) is 42.3 Å². The highest BCUT2D eigenvalue weighted by atomic mass is 19.4. The minimum atomic E-state index is -5.59. The molecule has 0 bridgehead atoms. The molecule has 3 nitrogen and oxygen atoms in total. The fourth-order valence-electron chi connectivity index (χ4n) is 1.22. The van der Waals surface area contributed by atoms with E-state index in [-0.39, 0.29) is 6.61 Å². The fourth-order valence-corrected chi connectivity index (χ4v) is 1.22. The van der Waals surface area contributed by atoms with E-state index >= 15 is 0 Å². The van der Waals surface area contributed by atoms with Gasteiger partial charge in [-0.05, 0) is 0 Å². The minimum Gasteiger partial charge on any atom is -0.365 e. The number of rotatable bonds is 3. The van der Waals surface area contributed by atoms with Gasteiger partial charge in [-0.2, -0.15) is 22.0 Å². The monoisotopic (exact) mass is 248 g/mol. The van der Waals surface area contributed by atoms with Gasteiger partial charge in [-0.1, -0.05) is 6.08 Å². The maximum Gasteiger partial charge on any atom is 0.449 e. The molecule has 0 radical (unpaired) electrons. The molecule has 1 fully saturated rings. The van der Waals surface area contributed by atoms with Crippen LogP contribution in [0.4, 0.5) is 22.0 Å². The molecule has 1 heterocycles. The largest absolute Gasteiger partial charge is 0.449 e. The number of hydrogen-bond donors (Lipinski definition) is 1. The van der Waals surface area contributed by atoms with Crippen molar-refractivity contribution < 1.29 is 36.5 Å². The summed E-state index contributed by atoms with van der Waals surface area (Å²) >= 11 is 0. The van der Waals surface area contributed by atoms with Crippen molar-refractivity contribution >= 4 is 0 Å². The number of ether oxygens (including phenoxy) is 2. The second-order valence-corrected chi connectivity index (χ2v) is 3.19. The summed E-state index contributed by atoms with van der Waals surface area (Å²) in [5.74, 6) is -9.06. The predicted octanol–water partition coefficient (Wildman–Crippen LogP) is 1.47. The molecule has 0 saturated carbocycles. The molecule has 1 aliphatic rings. The molecule has 1 N–H and O–H groups in total. The lowest BCUT2D eigenvalue weighted by molar-refractivity contribution is -0.405. The van der Waals surface area contributed by atoms with Gasteiger partial charge in [0.05, 0.1) is 13.2 Å². The Bertz CT molecular complexity index is 277. The van der Waals surface area contributed by atoms with Crippen LogP contribution in [0.15, 0.2) is 12.7 Å². The van der Waals surface area contributed by atoms with Crippen molar-refractivity contribution in [3.05, 3.63) is 12.7 Å². The highest BCUT2D eigenvalue weighted by Gasteiger charge is 2.77. The number of alkyl halides is 5. The van der Waals surface area contributed by atoms with Crippen LogP contribution in [-0.2, 0) is 9.47 Å². The van der Waals surface area contributed by atoms with Gasteiger partial charge in [0.15, 0.2) is 6.10 Å². The van der Waals surface area contributed by atoms with Crippen LogP contribution in [0.5, 0.6) is 0 Å². The second-order valence-electron chi connectivity index (χ2n) is 3.19. The first-order chi connectivity index (χ1) is 7.17. The maximum atomic E-state index is 13.2. The second kappa shape index (κ2) is 3.94. The molecule has 0 aliphatic carbocycles. The molecule has 0 spiro atoms. The van der Waals surface area contributed by atoms with Gasteiger partial charge in [0.1, 0.15) is 0 Å². The average molecular weight is 248 g/mol. The molecule has 0 aromatic heterocycles. The third-order valence-corrected chi connectivity index (χ3v) is 2.10. The summed E-state index contributed by atoms with van der Waals surface area (Å²) < 4.78 is 71.2. The third kappa shape index (κ3) is 1.80. The van der Waals surface area contributed by atoms with E-state index in [2.05, 4.69) is 16.1 Å². The Morgan fingerprint density at radius 1 is 1.50 bits per heavy atom. The van der Waals surface area contributed by atoms with Crippen molar-refractivity contribution in [2.75, 3.05) is 13.2 Å². The van der Waals surface area contributed by atoms with Crippen molar-refractivity contribution in [1.29, 1.82) is 0 Å². The van der Waals surface area contributed by atoms with Crippen LogP contribution in [0.3, 0.4) is 0 Å². The zero-order valence-corrected chi connectivity index (χ0v) is 7.93. The van der Waals surface area contributed by atoms with Gasteiger partial charge in [0, 0.05) is 0 Å². The molecule has 1 rings (SSSR count). The lowest BCUT2D eigenvalue weighted by Crippen LogP contribution is -2.59. The molecule has 0 aromatic carbocycles. The molecule has 2 unspecified atom stereocenters. The molecule has 0 amide bonds. The summed E-state index contributed by atoms with van der Waals surface area (Å²) in [5.41, 5.74) is 0. The van der Waals surface area contributed by atoms with E-state index in [9.17, 15) is 22.0 Å². The summed E-state index contributed by atoms with van der Waals surface area (Å²) in [4.78, 5) is 0. The molecular weight excluding hydrogens is 239 g/mol. The van der Waals surface area contributed by atoms with Crippen LogP contribution >= 0.6 is 0 Å². The van der Waals surface area contributed by atoms with Gasteiger partial charge in [-0.25, -0.2) is 0 Å². The van der Waals surface area contributed by atoms with Crippen molar-refractivity contribution in [2.24, 2.45) is 0 Å². The Kier molecular flexibility index (Phi) is 3.28. The van der Waals surface area contributed by atoms with Crippen LogP contribution in [0.1, 0.15) is 0 Å². The van der Waals surface area contributed by atoms with Crippen molar-refractivity contribution in [1.82, 2.24) is 0 Å². The Morgan fingerprint density at radius 2 is 2.06 bits per heavy atom. The lowest BCUT2D eigenvalue weighted by atomic mass is 10.1. The lowest BCUT2D eigenvalue weighted by Gasteiger charge is -2.31. The van der Waals surface area contributed by atoms with E-state index in [1.165, 1.54) is 0 Å². The quantitative estimate of drug-likeness (QED) is 0.607. The van der Waals surface area contributed by atoms with Gasteiger partial charge >= 0.3 is 17.9 Å². The highest BCUT2D eigenvalue weighted by Crippen LogP contribution is 2.49. The molecule has 2 atom stereocenters. The van der Waals surface area contributed by atoms with E-state index in [4.69, 9.17) is 5.11 Å². The van der Waals surface area contributed by atoms with E-state index < -0.39 is 30.6 Å². The number of aliphatic hydroxyl groups is 1. The van der Waals surface area contributed by atoms with Crippen molar-refractivity contribution in [2.45, 2.75) is 24.0 Å². The smallest absolute Gasteiger partial charge is 0.365 e. The topological polar surface area (TPSA) is 38.7 Å². The molecule has 8 heteroatoms. The van der Waals surface area contributed by atoms with Crippen LogP contribution in [0, 0.1) is 0 Å². The zero-order chi connectivity index (χ0) is 12.6. The van der Waals surface area contributed by atoms with E-state index in [1.807, 2.05) is 0 Å². The molecule has 1 saturated heterocycles. The van der Waals surface area contributed by atoms with Gasteiger partial charge in [0.2, 0.25) is 0 Å².